The second-order valence-corrected chi connectivity index (χ2v) is 5.40. The zero-order chi connectivity index (χ0) is 11.4. The quantitative estimate of drug-likeness (QED) is 0.929. The first kappa shape index (κ1) is 11.8. The molecule has 1 atom stereocenters. The van der Waals surface area contributed by atoms with Crippen molar-refractivity contribution in [3.63, 3.8) is 0 Å². The molecule has 2 rings (SSSR count). The third-order valence-electron chi connectivity index (χ3n) is 2.39. The Hall–Kier alpha value is -0.710. The Morgan fingerprint density at radius 3 is 2.94 bits per heavy atom. The van der Waals surface area contributed by atoms with E-state index in [2.05, 4.69) is 44.6 Å². The van der Waals surface area contributed by atoms with Gasteiger partial charge in [0, 0.05) is 28.1 Å². The summed E-state index contributed by atoms with van der Waals surface area (Å²) in [5, 5.41) is 5.55. The molecule has 0 aliphatic rings. The second-order valence-electron chi connectivity index (χ2n) is 3.55. The van der Waals surface area contributed by atoms with E-state index in [4.69, 9.17) is 0 Å². The third kappa shape index (κ3) is 2.90. The first-order valence-electron chi connectivity index (χ1n) is 5.13. The summed E-state index contributed by atoms with van der Waals surface area (Å²) >= 11 is 5.28. The fourth-order valence-corrected chi connectivity index (χ4v) is 2.88. The molecule has 0 unspecified atom stereocenters. The van der Waals surface area contributed by atoms with Crippen molar-refractivity contribution in [1.29, 1.82) is 0 Å². The van der Waals surface area contributed by atoms with Gasteiger partial charge in [-0.15, -0.1) is 11.3 Å². The molecule has 0 saturated carbocycles. The van der Waals surface area contributed by atoms with Gasteiger partial charge in [0.2, 0.25) is 0 Å². The number of nitrogens with zero attached hydrogens (tertiary/aromatic N) is 1. The Morgan fingerprint density at radius 1 is 1.44 bits per heavy atom. The molecule has 2 nitrogen and oxygen atoms in total. The standard InChI is InChI=1S/C12H13BrN2S/c1-9(11-4-2-3-6-14-11)15-8-12-10(13)5-7-16-12/h2-7,9,15H,8H2,1H3/t9-/m0/s1. The molecule has 84 valence electrons. The summed E-state index contributed by atoms with van der Waals surface area (Å²) < 4.78 is 1.18. The molecule has 2 aromatic heterocycles. The van der Waals surface area contributed by atoms with E-state index in [0.717, 1.165) is 12.2 Å². The van der Waals surface area contributed by atoms with Crippen molar-refractivity contribution in [1.82, 2.24) is 10.3 Å². The van der Waals surface area contributed by atoms with Gasteiger partial charge in [0.25, 0.3) is 0 Å². The van der Waals surface area contributed by atoms with Gasteiger partial charge in [-0.3, -0.25) is 4.98 Å². The number of halogens is 1. The number of pyridine rings is 1. The first-order chi connectivity index (χ1) is 7.77. The van der Waals surface area contributed by atoms with Gasteiger partial charge < -0.3 is 5.32 Å². The number of nitrogens with one attached hydrogen (secondary N) is 1. The molecule has 0 amide bonds. The largest absolute Gasteiger partial charge is 0.304 e. The molecule has 0 aliphatic heterocycles. The van der Waals surface area contributed by atoms with Gasteiger partial charge in [0.05, 0.1) is 5.69 Å². The Morgan fingerprint density at radius 2 is 2.31 bits per heavy atom. The van der Waals surface area contributed by atoms with Crippen LogP contribution in [0.4, 0.5) is 0 Å². The minimum absolute atomic E-state index is 0.273. The lowest BCUT2D eigenvalue weighted by Crippen LogP contribution is -2.18. The van der Waals surface area contributed by atoms with Crippen LogP contribution >= 0.6 is 27.3 Å². The highest BCUT2D eigenvalue weighted by Gasteiger charge is 2.07. The van der Waals surface area contributed by atoms with Gasteiger partial charge in [-0.2, -0.15) is 0 Å². The van der Waals surface area contributed by atoms with Gasteiger partial charge in [-0.1, -0.05) is 6.07 Å². The Balaban J connectivity index is 1.94. The molecule has 16 heavy (non-hydrogen) atoms. The van der Waals surface area contributed by atoms with Gasteiger partial charge in [-0.05, 0) is 46.4 Å². The predicted octanol–water partition coefficient (Wildman–Crippen LogP) is 3.76. The van der Waals surface area contributed by atoms with Crippen molar-refractivity contribution < 1.29 is 0 Å². The third-order valence-corrected chi connectivity index (χ3v) is 4.32. The van der Waals surface area contributed by atoms with Crippen molar-refractivity contribution in [2.24, 2.45) is 0 Å². The zero-order valence-corrected chi connectivity index (χ0v) is 11.4. The van der Waals surface area contributed by atoms with Crippen molar-refractivity contribution >= 4 is 27.3 Å². The average Bonchev–Trinajstić information content (AvgIpc) is 2.73. The molecule has 0 fully saturated rings. The maximum atomic E-state index is 4.33. The van der Waals surface area contributed by atoms with Gasteiger partial charge in [0.15, 0.2) is 0 Å². The summed E-state index contributed by atoms with van der Waals surface area (Å²) in [7, 11) is 0. The number of hydrogen-bond donors (Lipinski definition) is 1. The fraction of sp³-hybridized carbons (Fsp3) is 0.250. The molecule has 0 bridgehead atoms. The molecule has 0 spiro atoms. The van der Waals surface area contributed by atoms with Crippen molar-refractivity contribution in [2.45, 2.75) is 19.5 Å². The lowest BCUT2D eigenvalue weighted by Gasteiger charge is -2.12. The normalized spacial score (nSPS) is 12.6. The molecule has 2 heterocycles. The molecule has 2 aromatic rings. The highest BCUT2D eigenvalue weighted by molar-refractivity contribution is 9.10. The van der Waals surface area contributed by atoms with Crippen LogP contribution < -0.4 is 5.32 Å². The molecule has 0 aromatic carbocycles. The number of hydrogen-bond acceptors (Lipinski definition) is 3. The zero-order valence-electron chi connectivity index (χ0n) is 8.98. The van der Waals surface area contributed by atoms with E-state index in [9.17, 15) is 0 Å². The SMILES string of the molecule is C[C@H](NCc1sccc1Br)c1ccccn1. The number of thiophene rings is 1. The molecular weight excluding hydrogens is 284 g/mol. The van der Waals surface area contributed by atoms with Crippen LogP contribution in [-0.4, -0.2) is 4.98 Å². The minimum atomic E-state index is 0.273. The van der Waals surface area contributed by atoms with E-state index in [1.54, 1.807) is 11.3 Å². The maximum Gasteiger partial charge on any atom is 0.0570 e. The Bertz CT molecular complexity index is 441. The van der Waals surface area contributed by atoms with E-state index in [1.165, 1.54) is 9.35 Å². The van der Waals surface area contributed by atoms with Gasteiger partial charge in [0.1, 0.15) is 0 Å². The van der Waals surface area contributed by atoms with E-state index in [-0.39, 0.29) is 6.04 Å². The Kier molecular flexibility index (Phi) is 4.09. The highest BCUT2D eigenvalue weighted by atomic mass is 79.9. The van der Waals surface area contributed by atoms with Gasteiger partial charge >= 0.3 is 0 Å². The van der Waals surface area contributed by atoms with Crippen LogP contribution in [-0.2, 0) is 6.54 Å². The second kappa shape index (κ2) is 5.57. The lowest BCUT2D eigenvalue weighted by atomic mass is 10.2. The predicted molar refractivity (Wildman–Crippen MR) is 71.5 cm³/mol. The van der Waals surface area contributed by atoms with E-state index in [0.29, 0.717) is 0 Å². The van der Waals surface area contributed by atoms with Crippen LogP contribution in [0, 0.1) is 0 Å². The van der Waals surface area contributed by atoms with Crippen molar-refractivity contribution in [3.8, 4) is 0 Å². The highest BCUT2D eigenvalue weighted by Crippen LogP contribution is 2.23. The fourth-order valence-electron chi connectivity index (χ4n) is 1.43. The molecule has 0 aliphatic carbocycles. The number of aromatic nitrogens is 1. The summed E-state index contributed by atoms with van der Waals surface area (Å²) in [6, 6.07) is 8.34. The van der Waals surface area contributed by atoms with E-state index >= 15 is 0 Å². The van der Waals surface area contributed by atoms with E-state index < -0.39 is 0 Å². The van der Waals surface area contributed by atoms with Crippen LogP contribution in [0.25, 0.3) is 0 Å². The summed E-state index contributed by atoms with van der Waals surface area (Å²) in [6.07, 6.45) is 1.83. The number of rotatable bonds is 4. The molecule has 0 saturated heterocycles. The minimum Gasteiger partial charge on any atom is -0.304 e. The van der Waals surface area contributed by atoms with Crippen molar-refractivity contribution in [2.75, 3.05) is 0 Å². The molecular formula is C12H13BrN2S. The maximum absolute atomic E-state index is 4.33. The van der Waals surface area contributed by atoms with Crippen LogP contribution in [0.15, 0.2) is 40.3 Å². The van der Waals surface area contributed by atoms with Crippen LogP contribution in [0.1, 0.15) is 23.5 Å². The molecule has 1 N–H and O–H groups in total. The van der Waals surface area contributed by atoms with Gasteiger partial charge in [-0.25, -0.2) is 0 Å². The smallest absolute Gasteiger partial charge is 0.0570 e. The van der Waals surface area contributed by atoms with Crippen LogP contribution in [0.5, 0.6) is 0 Å². The summed E-state index contributed by atoms with van der Waals surface area (Å²) in [6.45, 7) is 3.00. The summed E-state index contributed by atoms with van der Waals surface area (Å²) in [5.41, 5.74) is 1.08. The monoisotopic (exact) mass is 296 g/mol. The Labute approximate surface area is 108 Å². The van der Waals surface area contributed by atoms with Crippen LogP contribution in [0.2, 0.25) is 0 Å². The first-order valence-corrected chi connectivity index (χ1v) is 6.81. The lowest BCUT2D eigenvalue weighted by molar-refractivity contribution is 0.564. The summed E-state index contributed by atoms with van der Waals surface area (Å²) in [4.78, 5) is 5.65. The average molecular weight is 297 g/mol. The molecule has 4 heteroatoms. The summed E-state index contributed by atoms with van der Waals surface area (Å²) in [5.74, 6) is 0. The van der Waals surface area contributed by atoms with Crippen molar-refractivity contribution in [3.05, 3.63) is 50.9 Å². The van der Waals surface area contributed by atoms with Crippen LogP contribution in [0.3, 0.4) is 0 Å². The molecule has 0 radical (unpaired) electrons. The van der Waals surface area contributed by atoms with E-state index in [1.807, 2.05) is 24.4 Å². The topological polar surface area (TPSA) is 24.9 Å².